The molecule has 148 valence electrons. The molecule has 0 bridgehead atoms. The van der Waals surface area contributed by atoms with E-state index in [-0.39, 0.29) is 0 Å². The Balaban J connectivity index is 2.28. The summed E-state index contributed by atoms with van der Waals surface area (Å²) in [6.45, 7) is -1.86. The van der Waals surface area contributed by atoms with E-state index in [2.05, 4.69) is 4.74 Å². The molecule has 13 heteroatoms. The highest BCUT2D eigenvalue weighted by molar-refractivity contribution is 4.96. The Hall–Kier alpha value is -0.520. The average molecular weight is 374 g/mol. The zero-order valence-corrected chi connectivity index (χ0v) is 12.7. The minimum Gasteiger partial charge on any atom is -0.394 e. The molecule has 2 rings (SSSR count). The van der Waals surface area contributed by atoms with Crippen molar-refractivity contribution in [2.24, 2.45) is 0 Å². The first kappa shape index (κ1) is 20.8. The van der Waals surface area contributed by atoms with E-state index in [4.69, 9.17) is 19.7 Å². The highest BCUT2D eigenvalue weighted by Gasteiger charge is 2.62. The van der Waals surface area contributed by atoms with Gasteiger partial charge < -0.3 is 60.5 Å². The van der Waals surface area contributed by atoms with Gasteiger partial charge in [0.25, 0.3) is 0 Å². The number of aliphatic hydroxyl groups is 10. The van der Waals surface area contributed by atoms with Crippen LogP contribution in [-0.2, 0) is 14.2 Å². The van der Waals surface area contributed by atoms with Crippen molar-refractivity contribution in [2.75, 3.05) is 13.2 Å². The van der Waals surface area contributed by atoms with Crippen LogP contribution in [0.5, 0.6) is 0 Å². The van der Waals surface area contributed by atoms with Gasteiger partial charge in [-0.25, -0.2) is 0 Å². The molecule has 0 saturated carbocycles. The number of hydrogen-bond acceptors (Lipinski definition) is 13. The lowest BCUT2D eigenvalue weighted by atomic mass is 9.96. The molecule has 0 amide bonds. The lowest BCUT2D eigenvalue weighted by Gasteiger charge is -2.50. The van der Waals surface area contributed by atoms with Crippen molar-refractivity contribution in [3.05, 3.63) is 0 Å². The molecule has 2 saturated heterocycles. The molecule has 2 aliphatic rings. The molecule has 0 aromatic carbocycles. The number of aliphatic hydroxyl groups excluding tert-OH is 8. The summed E-state index contributed by atoms with van der Waals surface area (Å²) >= 11 is 0. The zero-order valence-electron chi connectivity index (χ0n) is 12.7. The molecule has 2 fully saturated rings. The van der Waals surface area contributed by atoms with Crippen molar-refractivity contribution in [2.45, 2.75) is 60.8 Å². The van der Waals surface area contributed by atoms with Gasteiger partial charge in [0.1, 0.15) is 36.6 Å². The highest BCUT2D eigenvalue weighted by Crippen LogP contribution is 2.37. The maximum absolute atomic E-state index is 10.2. The predicted molar refractivity (Wildman–Crippen MR) is 70.9 cm³/mol. The Bertz CT molecular complexity index is 420. The molecule has 0 radical (unpaired) electrons. The van der Waals surface area contributed by atoms with E-state index in [1.165, 1.54) is 0 Å². The number of hydrogen-bond donors (Lipinski definition) is 10. The lowest BCUT2D eigenvalue weighted by Crippen LogP contribution is -2.73. The quantitative estimate of drug-likeness (QED) is 0.206. The summed E-state index contributed by atoms with van der Waals surface area (Å²) in [5.41, 5.74) is 0. The van der Waals surface area contributed by atoms with Crippen molar-refractivity contribution >= 4 is 0 Å². The fraction of sp³-hybridized carbons (Fsp3) is 1.00. The minimum absolute atomic E-state index is 0.931. The van der Waals surface area contributed by atoms with Crippen LogP contribution < -0.4 is 0 Å². The van der Waals surface area contributed by atoms with Gasteiger partial charge in [0.2, 0.25) is 0 Å². The van der Waals surface area contributed by atoms with E-state index >= 15 is 0 Å². The van der Waals surface area contributed by atoms with Crippen LogP contribution in [0.4, 0.5) is 0 Å². The van der Waals surface area contributed by atoms with Gasteiger partial charge >= 0.3 is 11.9 Å². The Morgan fingerprint density at radius 2 is 0.960 bits per heavy atom. The van der Waals surface area contributed by atoms with E-state index in [1.807, 2.05) is 0 Å². The molecule has 2 unspecified atom stereocenters. The maximum atomic E-state index is 10.2. The number of ether oxygens (including phenoxy) is 3. The fourth-order valence-electron chi connectivity index (χ4n) is 2.63. The van der Waals surface area contributed by atoms with E-state index in [1.54, 1.807) is 0 Å². The Labute approximate surface area is 140 Å². The predicted octanol–water partition coefficient (Wildman–Crippen LogP) is -6.76. The second-order valence-corrected chi connectivity index (χ2v) is 5.89. The Morgan fingerprint density at radius 3 is 1.24 bits per heavy atom. The summed E-state index contributed by atoms with van der Waals surface area (Å²) < 4.78 is 14.1. The van der Waals surface area contributed by atoms with Gasteiger partial charge in [-0.2, -0.15) is 0 Å². The van der Waals surface area contributed by atoms with Crippen LogP contribution in [0.3, 0.4) is 0 Å². The molecule has 13 nitrogen and oxygen atoms in total. The monoisotopic (exact) mass is 374 g/mol. The molecule has 10 atom stereocenters. The van der Waals surface area contributed by atoms with Gasteiger partial charge in [0.05, 0.1) is 13.2 Å². The van der Waals surface area contributed by atoms with E-state index in [9.17, 15) is 40.9 Å². The second kappa shape index (κ2) is 7.24. The van der Waals surface area contributed by atoms with Gasteiger partial charge in [-0.3, -0.25) is 4.74 Å². The summed E-state index contributed by atoms with van der Waals surface area (Å²) in [6, 6.07) is 0. The molecule has 0 aliphatic carbocycles. The molecule has 0 spiro atoms. The van der Waals surface area contributed by atoms with Crippen LogP contribution in [0.15, 0.2) is 0 Å². The summed E-state index contributed by atoms with van der Waals surface area (Å²) in [4.78, 5) is 0. The standard InChI is InChI=1S/C12H22O13/c13-1-3-5(15)7(17)9(19)11(21,23-3)25-12(22)10(20)8(18)6(16)4(2-14)24-12/h3-10,13-22H,1-2H2/t3-,4+,5+,6-,7+,8-,9-,10+,11?,12?. The molecule has 0 aromatic rings. The van der Waals surface area contributed by atoms with Gasteiger partial charge in [-0.15, -0.1) is 0 Å². The zero-order chi connectivity index (χ0) is 19.2. The first-order valence-electron chi connectivity index (χ1n) is 7.31. The third-order valence-electron chi connectivity index (χ3n) is 4.15. The van der Waals surface area contributed by atoms with Gasteiger partial charge in [-0.1, -0.05) is 0 Å². The van der Waals surface area contributed by atoms with Gasteiger partial charge in [-0.05, 0) is 0 Å². The van der Waals surface area contributed by atoms with Crippen LogP contribution >= 0.6 is 0 Å². The third kappa shape index (κ3) is 3.52. The maximum Gasteiger partial charge on any atom is 0.315 e. The van der Waals surface area contributed by atoms with Crippen molar-refractivity contribution in [1.82, 2.24) is 0 Å². The van der Waals surface area contributed by atoms with E-state index in [0.717, 1.165) is 0 Å². The van der Waals surface area contributed by atoms with Crippen LogP contribution in [0.2, 0.25) is 0 Å². The van der Waals surface area contributed by atoms with Crippen molar-refractivity contribution in [3.63, 3.8) is 0 Å². The molecule has 10 N–H and O–H groups in total. The minimum atomic E-state index is -3.30. The van der Waals surface area contributed by atoms with Crippen LogP contribution in [0, 0.1) is 0 Å². The van der Waals surface area contributed by atoms with Crippen molar-refractivity contribution < 1.29 is 65.3 Å². The van der Waals surface area contributed by atoms with E-state index in [0.29, 0.717) is 0 Å². The van der Waals surface area contributed by atoms with Gasteiger partial charge in [0, 0.05) is 0 Å². The first-order valence-corrected chi connectivity index (χ1v) is 7.31. The molecular formula is C12H22O13. The van der Waals surface area contributed by atoms with Crippen LogP contribution in [-0.4, -0.2) is 125 Å². The summed E-state index contributed by atoms with van der Waals surface area (Å²) in [5.74, 6) is -6.60. The van der Waals surface area contributed by atoms with Crippen LogP contribution in [0.25, 0.3) is 0 Å². The topological polar surface area (TPSA) is 230 Å². The van der Waals surface area contributed by atoms with Gasteiger partial charge in [0.15, 0.2) is 12.2 Å². The Morgan fingerprint density at radius 1 is 0.640 bits per heavy atom. The molecule has 2 aliphatic heterocycles. The molecule has 2 heterocycles. The average Bonchev–Trinajstić information content (AvgIpc) is 2.58. The largest absolute Gasteiger partial charge is 0.394 e. The SMILES string of the molecule is OC[C@@H]1OC(O)(OC2(O)O[C@H](CO)[C@H](O)[C@H](O)[C@H]2O)[C@@H](O)[C@H](O)[C@@H]1O. The summed E-state index contributed by atoms with van der Waals surface area (Å²) in [5, 5.41) is 97.0. The highest BCUT2D eigenvalue weighted by atomic mass is 16.9. The molecule has 0 aromatic heterocycles. The lowest BCUT2D eigenvalue weighted by molar-refractivity contribution is -0.556. The normalized spacial score (nSPS) is 54.5. The smallest absolute Gasteiger partial charge is 0.315 e. The Kier molecular flexibility index (Phi) is 6.02. The van der Waals surface area contributed by atoms with E-state index < -0.39 is 74.0 Å². The fourth-order valence-corrected chi connectivity index (χ4v) is 2.63. The molecule has 25 heavy (non-hydrogen) atoms. The second-order valence-electron chi connectivity index (χ2n) is 5.89. The van der Waals surface area contributed by atoms with Crippen molar-refractivity contribution in [1.29, 1.82) is 0 Å². The number of rotatable bonds is 4. The van der Waals surface area contributed by atoms with Crippen LogP contribution in [0.1, 0.15) is 0 Å². The summed E-state index contributed by atoms with van der Waals surface area (Å²) in [6.07, 6.45) is -16.0. The van der Waals surface area contributed by atoms with Crippen molar-refractivity contribution in [3.8, 4) is 0 Å². The molecular weight excluding hydrogens is 352 g/mol. The summed E-state index contributed by atoms with van der Waals surface area (Å²) in [7, 11) is 0. The third-order valence-corrected chi connectivity index (χ3v) is 4.15. The first-order chi connectivity index (χ1) is 11.5.